The number of rotatable bonds is 8. The molecule has 0 fully saturated rings. The first kappa shape index (κ1) is 15.3. The number of hydrogen-bond donors (Lipinski definition) is 1. The van der Waals surface area contributed by atoms with E-state index in [2.05, 4.69) is 60.9 Å². The fraction of sp³-hybridized carbons (Fsp3) is 0.444. The summed E-state index contributed by atoms with van der Waals surface area (Å²) in [4.78, 5) is 1.49. The van der Waals surface area contributed by atoms with Gasteiger partial charge >= 0.3 is 0 Å². The molecule has 2 heteroatoms. The molecule has 0 saturated carbocycles. The average molecular weight is 287 g/mol. The van der Waals surface area contributed by atoms with E-state index < -0.39 is 0 Å². The van der Waals surface area contributed by atoms with Crippen LogP contribution in [0.3, 0.4) is 0 Å². The molecule has 1 N–H and O–H groups in total. The summed E-state index contributed by atoms with van der Waals surface area (Å²) in [7, 11) is 0. The molecule has 1 atom stereocenters. The van der Waals surface area contributed by atoms with Crippen molar-refractivity contribution in [1.29, 1.82) is 0 Å². The Hall–Kier alpha value is -1.12. The Bertz CT molecular complexity index is 473. The molecule has 1 heterocycles. The molecule has 108 valence electrons. The van der Waals surface area contributed by atoms with Gasteiger partial charge in [0.15, 0.2) is 0 Å². The van der Waals surface area contributed by atoms with Gasteiger partial charge in [-0.1, -0.05) is 42.8 Å². The minimum Gasteiger partial charge on any atom is -0.314 e. The van der Waals surface area contributed by atoms with Crippen LogP contribution in [0.15, 0.2) is 41.8 Å². The minimum absolute atomic E-state index is 0.593. The molecule has 1 nitrogen and oxygen atoms in total. The number of aryl methyl sites for hydroxylation is 2. The van der Waals surface area contributed by atoms with Crippen molar-refractivity contribution < 1.29 is 0 Å². The summed E-state index contributed by atoms with van der Waals surface area (Å²) in [6.45, 7) is 5.49. The summed E-state index contributed by atoms with van der Waals surface area (Å²) in [5.41, 5.74) is 2.79. The van der Waals surface area contributed by atoms with Crippen molar-refractivity contribution in [2.24, 2.45) is 0 Å². The molecule has 1 unspecified atom stereocenters. The third-order valence-electron chi connectivity index (χ3n) is 3.61. The second-order valence-electron chi connectivity index (χ2n) is 5.46. The molecule has 0 amide bonds. The average Bonchev–Trinajstić information content (AvgIpc) is 2.96. The fourth-order valence-corrected chi connectivity index (χ4v) is 3.18. The van der Waals surface area contributed by atoms with E-state index in [-0.39, 0.29) is 0 Å². The first-order valence-corrected chi connectivity index (χ1v) is 8.47. The third kappa shape index (κ3) is 5.10. The van der Waals surface area contributed by atoms with Crippen LogP contribution in [0.4, 0.5) is 0 Å². The third-order valence-corrected chi connectivity index (χ3v) is 4.51. The molecule has 0 saturated heterocycles. The molecule has 2 aromatic rings. The molecule has 0 aliphatic rings. The van der Waals surface area contributed by atoms with Gasteiger partial charge in [0.25, 0.3) is 0 Å². The van der Waals surface area contributed by atoms with E-state index in [9.17, 15) is 0 Å². The van der Waals surface area contributed by atoms with Gasteiger partial charge in [-0.15, -0.1) is 11.3 Å². The van der Waals surface area contributed by atoms with Crippen LogP contribution < -0.4 is 5.32 Å². The van der Waals surface area contributed by atoms with Crippen molar-refractivity contribution in [3.05, 3.63) is 57.8 Å². The zero-order chi connectivity index (χ0) is 14.2. The second-order valence-corrected chi connectivity index (χ2v) is 6.49. The maximum Gasteiger partial charge on any atom is 0.0118 e. The number of benzene rings is 1. The van der Waals surface area contributed by atoms with Gasteiger partial charge in [-0.05, 0) is 56.2 Å². The molecule has 0 aliphatic carbocycles. The Labute approximate surface area is 127 Å². The van der Waals surface area contributed by atoms with Gasteiger partial charge < -0.3 is 5.32 Å². The summed E-state index contributed by atoms with van der Waals surface area (Å²) in [5.74, 6) is 0. The van der Waals surface area contributed by atoms with Gasteiger partial charge in [-0.25, -0.2) is 0 Å². The zero-order valence-corrected chi connectivity index (χ0v) is 13.4. The summed E-state index contributed by atoms with van der Waals surface area (Å²) < 4.78 is 0. The van der Waals surface area contributed by atoms with Crippen molar-refractivity contribution in [2.45, 2.75) is 45.6 Å². The predicted molar refractivity (Wildman–Crippen MR) is 89.6 cm³/mol. The molecule has 1 aromatic carbocycles. The van der Waals surface area contributed by atoms with Crippen molar-refractivity contribution in [1.82, 2.24) is 5.32 Å². The Morgan fingerprint density at radius 1 is 1.15 bits per heavy atom. The number of hydrogen-bond acceptors (Lipinski definition) is 2. The Morgan fingerprint density at radius 3 is 2.60 bits per heavy atom. The van der Waals surface area contributed by atoms with E-state index in [0.29, 0.717) is 6.04 Å². The SMILES string of the molecule is CCCNC(CCc1ccc(C)cc1)Cc1cccs1. The second kappa shape index (κ2) is 8.23. The van der Waals surface area contributed by atoms with Crippen LogP contribution in [0.2, 0.25) is 0 Å². The highest BCUT2D eigenvalue weighted by atomic mass is 32.1. The molecule has 0 spiro atoms. The maximum absolute atomic E-state index is 3.70. The van der Waals surface area contributed by atoms with Gasteiger partial charge in [-0.2, -0.15) is 0 Å². The topological polar surface area (TPSA) is 12.0 Å². The molecule has 20 heavy (non-hydrogen) atoms. The lowest BCUT2D eigenvalue weighted by Gasteiger charge is -2.18. The van der Waals surface area contributed by atoms with Gasteiger partial charge in [0.2, 0.25) is 0 Å². The Kier molecular flexibility index (Phi) is 6.28. The van der Waals surface area contributed by atoms with Crippen LogP contribution >= 0.6 is 11.3 Å². The Balaban J connectivity index is 1.87. The molecule has 1 aromatic heterocycles. The Morgan fingerprint density at radius 2 is 1.95 bits per heavy atom. The van der Waals surface area contributed by atoms with Gasteiger partial charge in [0.05, 0.1) is 0 Å². The normalized spacial score (nSPS) is 12.5. The smallest absolute Gasteiger partial charge is 0.0118 e. The first-order chi connectivity index (χ1) is 9.78. The molecule has 0 radical (unpaired) electrons. The molecule has 2 rings (SSSR count). The highest BCUT2D eigenvalue weighted by molar-refractivity contribution is 7.09. The standard InChI is InChI=1S/C18H25NS/c1-3-12-19-17(14-18-5-4-13-20-18)11-10-16-8-6-15(2)7-9-16/h4-9,13,17,19H,3,10-12,14H2,1-2H3. The highest BCUT2D eigenvalue weighted by Crippen LogP contribution is 2.15. The van der Waals surface area contributed by atoms with E-state index in [4.69, 9.17) is 0 Å². The summed E-state index contributed by atoms with van der Waals surface area (Å²) in [6.07, 6.45) is 4.73. The predicted octanol–water partition coefficient (Wildman–Crippen LogP) is 4.60. The largest absolute Gasteiger partial charge is 0.314 e. The lowest BCUT2D eigenvalue weighted by molar-refractivity contribution is 0.480. The van der Waals surface area contributed by atoms with Gasteiger partial charge in [-0.3, -0.25) is 0 Å². The first-order valence-electron chi connectivity index (χ1n) is 7.59. The fourth-order valence-electron chi connectivity index (χ4n) is 2.39. The number of nitrogens with one attached hydrogen (secondary N) is 1. The zero-order valence-electron chi connectivity index (χ0n) is 12.6. The van der Waals surface area contributed by atoms with Crippen LogP contribution in [0.5, 0.6) is 0 Å². The van der Waals surface area contributed by atoms with Crippen molar-refractivity contribution in [3.8, 4) is 0 Å². The van der Waals surface area contributed by atoms with Crippen molar-refractivity contribution >= 4 is 11.3 Å². The lowest BCUT2D eigenvalue weighted by atomic mass is 10.0. The van der Waals surface area contributed by atoms with Crippen LogP contribution in [0.25, 0.3) is 0 Å². The van der Waals surface area contributed by atoms with E-state index in [1.54, 1.807) is 0 Å². The van der Waals surface area contributed by atoms with Crippen LogP contribution in [0.1, 0.15) is 35.8 Å². The van der Waals surface area contributed by atoms with Crippen molar-refractivity contribution in [2.75, 3.05) is 6.54 Å². The minimum atomic E-state index is 0.593. The summed E-state index contributed by atoms with van der Waals surface area (Å²) >= 11 is 1.87. The van der Waals surface area contributed by atoms with E-state index >= 15 is 0 Å². The summed E-state index contributed by atoms with van der Waals surface area (Å²) in [6, 6.07) is 13.9. The van der Waals surface area contributed by atoms with E-state index in [1.807, 2.05) is 11.3 Å². The van der Waals surface area contributed by atoms with Crippen LogP contribution in [0, 0.1) is 6.92 Å². The number of thiophene rings is 1. The maximum atomic E-state index is 3.70. The van der Waals surface area contributed by atoms with Gasteiger partial charge in [0.1, 0.15) is 0 Å². The molecule has 0 bridgehead atoms. The molecular formula is C18H25NS. The molecule has 0 aliphatic heterocycles. The lowest BCUT2D eigenvalue weighted by Crippen LogP contribution is -2.32. The van der Waals surface area contributed by atoms with Crippen LogP contribution in [-0.2, 0) is 12.8 Å². The molecular weight excluding hydrogens is 262 g/mol. The van der Waals surface area contributed by atoms with E-state index in [1.165, 1.54) is 28.8 Å². The monoisotopic (exact) mass is 287 g/mol. The van der Waals surface area contributed by atoms with Crippen LogP contribution in [-0.4, -0.2) is 12.6 Å². The quantitative estimate of drug-likeness (QED) is 0.748. The van der Waals surface area contributed by atoms with Gasteiger partial charge in [0, 0.05) is 10.9 Å². The van der Waals surface area contributed by atoms with Crippen molar-refractivity contribution in [3.63, 3.8) is 0 Å². The highest BCUT2D eigenvalue weighted by Gasteiger charge is 2.09. The summed E-state index contributed by atoms with van der Waals surface area (Å²) in [5, 5.41) is 5.87. The van der Waals surface area contributed by atoms with E-state index in [0.717, 1.165) is 19.4 Å².